The van der Waals surface area contributed by atoms with Crippen molar-refractivity contribution in [3.05, 3.63) is 70.7 Å². The first kappa shape index (κ1) is 22.5. The van der Waals surface area contributed by atoms with Gasteiger partial charge in [0.1, 0.15) is 6.61 Å². The van der Waals surface area contributed by atoms with Gasteiger partial charge in [-0.15, -0.1) is 11.3 Å². The summed E-state index contributed by atoms with van der Waals surface area (Å²) in [5.41, 5.74) is 4.00. The van der Waals surface area contributed by atoms with Crippen LogP contribution in [-0.4, -0.2) is 29.9 Å². The molecular weight excluding hydrogens is 410 g/mol. The predicted octanol–water partition coefficient (Wildman–Crippen LogP) is 5.34. The largest absolute Gasteiger partial charge is 0.456 e. The molecule has 2 aromatic carbocycles. The van der Waals surface area contributed by atoms with Gasteiger partial charge in [-0.25, -0.2) is 9.78 Å². The first-order valence-electron chi connectivity index (χ1n) is 10.3. The topological polar surface area (TPSA) is 62.7 Å². The molecule has 7 heteroatoms. The van der Waals surface area contributed by atoms with E-state index in [-0.39, 0.29) is 12.5 Å². The number of rotatable bonds is 8. The minimum Gasteiger partial charge on any atom is -0.456 e. The number of hydrogen-bond acceptors (Lipinski definition) is 6. The Labute approximate surface area is 187 Å². The Hall–Kier alpha value is -3.19. The van der Waals surface area contributed by atoms with Crippen molar-refractivity contribution in [2.45, 2.75) is 34.3 Å². The monoisotopic (exact) mass is 437 g/mol. The molecule has 0 saturated heterocycles. The van der Waals surface area contributed by atoms with Gasteiger partial charge >= 0.3 is 5.97 Å². The summed E-state index contributed by atoms with van der Waals surface area (Å²) < 4.78 is 5.43. The number of ether oxygens (including phenoxy) is 1. The Morgan fingerprint density at radius 1 is 1.03 bits per heavy atom. The summed E-state index contributed by atoms with van der Waals surface area (Å²) in [6.45, 7) is 9.54. The van der Waals surface area contributed by atoms with Crippen LogP contribution in [0.25, 0.3) is 0 Å². The van der Waals surface area contributed by atoms with Gasteiger partial charge in [-0.2, -0.15) is 0 Å². The Balaban J connectivity index is 1.66. The number of nitrogens with zero attached hydrogens (tertiary/aromatic N) is 3. The van der Waals surface area contributed by atoms with E-state index in [1.54, 1.807) is 22.4 Å². The average molecular weight is 438 g/mol. The van der Waals surface area contributed by atoms with E-state index in [0.29, 0.717) is 16.4 Å². The van der Waals surface area contributed by atoms with Gasteiger partial charge in [0.25, 0.3) is 0 Å². The highest BCUT2D eigenvalue weighted by Gasteiger charge is 2.18. The first-order chi connectivity index (χ1) is 14.9. The van der Waals surface area contributed by atoms with Gasteiger partial charge in [0.05, 0.1) is 16.9 Å². The maximum absolute atomic E-state index is 12.4. The Kier molecular flexibility index (Phi) is 7.41. The Morgan fingerprint density at radius 2 is 1.74 bits per heavy atom. The van der Waals surface area contributed by atoms with Gasteiger partial charge in [0.15, 0.2) is 5.13 Å². The van der Waals surface area contributed by atoms with Crippen molar-refractivity contribution in [3.63, 3.8) is 0 Å². The second-order valence-electron chi connectivity index (χ2n) is 7.11. The molecule has 0 unspecified atom stereocenters. The third-order valence-electron chi connectivity index (χ3n) is 4.89. The van der Waals surface area contributed by atoms with Crippen LogP contribution in [0.4, 0.5) is 16.5 Å². The normalized spacial score (nSPS) is 10.6. The number of aromatic nitrogens is 1. The van der Waals surface area contributed by atoms with Crippen LogP contribution in [0.5, 0.6) is 0 Å². The second kappa shape index (κ2) is 10.2. The molecule has 0 aliphatic carbocycles. The molecule has 0 bridgehead atoms. The fraction of sp³-hybridized carbons (Fsp3) is 0.292. The number of aryl methyl sites for hydroxylation is 1. The molecule has 0 atom stereocenters. The summed E-state index contributed by atoms with van der Waals surface area (Å²) in [5, 5.41) is 2.35. The molecule has 1 heterocycles. The van der Waals surface area contributed by atoms with E-state index in [1.165, 1.54) is 18.3 Å². The predicted molar refractivity (Wildman–Crippen MR) is 125 cm³/mol. The van der Waals surface area contributed by atoms with E-state index in [0.717, 1.165) is 30.0 Å². The molecule has 0 fully saturated rings. The van der Waals surface area contributed by atoms with Crippen molar-refractivity contribution in [2.24, 2.45) is 0 Å². The number of thiazole rings is 1. The Bertz CT molecular complexity index is 1040. The lowest BCUT2D eigenvalue weighted by Crippen LogP contribution is -2.22. The molecule has 162 valence electrons. The van der Waals surface area contributed by atoms with Crippen molar-refractivity contribution >= 4 is 39.7 Å². The number of amides is 1. The summed E-state index contributed by atoms with van der Waals surface area (Å²) in [4.78, 5) is 32.9. The molecule has 0 spiro atoms. The lowest BCUT2D eigenvalue weighted by atomic mass is 10.2. The number of benzene rings is 2. The second-order valence-corrected chi connectivity index (χ2v) is 7.95. The summed E-state index contributed by atoms with van der Waals surface area (Å²) in [6, 6.07) is 15.1. The molecule has 1 amide bonds. The number of anilines is 3. The SMILES string of the molecule is CCN(CC)c1ccc(C(=O)OCc2csc(N(C(C)=O)c3cccc(C)c3)n2)cc1. The van der Waals surface area contributed by atoms with Crippen LogP contribution in [0.2, 0.25) is 0 Å². The van der Waals surface area contributed by atoms with E-state index in [2.05, 4.69) is 23.7 Å². The van der Waals surface area contributed by atoms with Crippen LogP contribution >= 0.6 is 11.3 Å². The number of esters is 1. The molecule has 0 saturated carbocycles. The van der Waals surface area contributed by atoms with Gasteiger partial charge in [0.2, 0.25) is 5.91 Å². The van der Waals surface area contributed by atoms with E-state index in [9.17, 15) is 9.59 Å². The standard InChI is InChI=1S/C24H27N3O3S/c1-5-26(6-2)21-12-10-19(11-13-21)23(29)30-15-20-16-31-24(25-20)27(18(4)28)22-9-7-8-17(3)14-22/h7-14,16H,5-6,15H2,1-4H3. The molecule has 1 aromatic heterocycles. The van der Waals surface area contributed by atoms with E-state index in [4.69, 9.17) is 4.74 Å². The van der Waals surface area contributed by atoms with Crippen molar-refractivity contribution in [2.75, 3.05) is 22.9 Å². The zero-order chi connectivity index (χ0) is 22.4. The highest BCUT2D eigenvalue weighted by molar-refractivity contribution is 7.14. The molecule has 3 rings (SSSR count). The van der Waals surface area contributed by atoms with Crippen molar-refractivity contribution < 1.29 is 14.3 Å². The molecule has 0 aliphatic rings. The third kappa shape index (κ3) is 5.49. The number of carbonyl (C=O) groups excluding carboxylic acids is 2. The lowest BCUT2D eigenvalue weighted by molar-refractivity contribution is -0.115. The van der Waals surface area contributed by atoms with Crippen molar-refractivity contribution in [1.82, 2.24) is 4.98 Å². The number of hydrogen-bond donors (Lipinski definition) is 0. The van der Waals surface area contributed by atoms with Gasteiger partial charge in [0, 0.05) is 31.1 Å². The number of carbonyl (C=O) groups is 2. The van der Waals surface area contributed by atoms with Crippen LogP contribution in [0, 0.1) is 6.92 Å². The van der Waals surface area contributed by atoms with Gasteiger partial charge in [-0.1, -0.05) is 12.1 Å². The van der Waals surface area contributed by atoms with Crippen LogP contribution in [-0.2, 0) is 16.1 Å². The molecular formula is C24H27N3O3S. The third-order valence-corrected chi connectivity index (χ3v) is 5.76. The zero-order valence-corrected chi connectivity index (χ0v) is 19.1. The van der Waals surface area contributed by atoms with Crippen LogP contribution < -0.4 is 9.80 Å². The molecule has 0 aliphatic heterocycles. The Morgan fingerprint density at radius 3 is 2.35 bits per heavy atom. The lowest BCUT2D eigenvalue weighted by Gasteiger charge is -2.20. The fourth-order valence-electron chi connectivity index (χ4n) is 3.28. The van der Waals surface area contributed by atoms with Crippen molar-refractivity contribution in [3.8, 4) is 0 Å². The maximum Gasteiger partial charge on any atom is 0.338 e. The average Bonchev–Trinajstić information content (AvgIpc) is 3.21. The summed E-state index contributed by atoms with van der Waals surface area (Å²) in [5.74, 6) is -0.528. The molecule has 0 N–H and O–H groups in total. The van der Waals surface area contributed by atoms with Crippen LogP contribution in [0.15, 0.2) is 53.9 Å². The molecule has 3 aromatic rings. The highest BCUT2D eigenvalue weighted by Crippen LogP contribution is 2.29. The van der Waals surface area contributed by atoms with Gasteiger partial charge < -0.3 is 9.64 Å². The minimum atomic E-state index is -0.400. The quantitative estimate of drug-likeness (QED) is 0.445. The van der Waals surface area contributed by atoms with Gasteiger partial charge in [-0.05, 0) is 62.7 Å². The zero-order valence-electron chi connectivity index (χ0n) is 18.3. The van der Waals surface area contributed by atoms with Crippen LogP contribution in [0.3, 0.4) is 0 Å². The summed E-state index contributed by atoms with van der Waals surface area (Å²) >= 11 is 1.34. The molecule has 6 nitrogen and oxygen atoms in total. The highest BCUT2D eigenvalue weighted by atomic mass is 32.1. The fourth-order valence-corrected chi connectivity index (χ4v) is 4.15. The van der Waals surface area contributed by atoms with E-state index < -0.39 is 5.97 Å². The summed E-state index contributed by atoms with van der Waals surface area (Å²) in [7, 11) is 0. The molecule has 31 heavy (non-hydrogen) atoms. The minimum absolute atomic E-state index is 0.0483. The molecule has 0 radical (unpaired) electrons. The van der Waals surface area contributed by atoms with E-state index in [1.807, 2.05) is 43.3 Å². The van der Waals surface area contributed by atoms with E-state index >= 15 is 0 Å². The maximum atomic E-state index is 12.4. The van der Waals surface area contributed by atoms with Crippen LogP contribution in [0.1, 0.15) is 42.4 Å². The first-order valence-corrected chi connectivity index (χ1v) is 11.1. The summed E-state index contributed by atoms with van der Waals surface area (Å²) in [6.07, 6.45) is 0. The smallest absolute Gasteiger partial charge is 0.338 e. The van der Waals surface area contributed by atoms with Crippen molar-refractivity contribution in [1.29, 1.82) is 0 Å². The van der Waals surface area contributed by atoms with Gasteiger partial charge in [-0.3, -0.25) is 9.69 Å².